The molecule has 0 saturated heterocycles. The summed E-state index contributed by atoms with van der Waals surface area (Å²) >= 11 is 1.26. The van der Waals surface area contributed by atoms with Crippen LogP contribution in [-0.2, 0) is 6.42 Å². The quantitative estimate of drug-likeness (QED) is 0.565. The van der Waals surface area contributed by atoms with E-state index < -0.39 is 0 Å². The van der Waals surface area contributed by atoms with Gasteiger partial charge in [0.2, 0.25) is 5.89 Å². The Bertz CT molecular complexity index is 948. The van der Waals surface area contributed by atoms with Gasteiger partial charge in [0.05, 0.1) is 20.3 Å². The van der Waals surface area contributed by atoms with Crippen molar-refractivity contribution in [1.82, 2.24) is 10.2 Å². The molecule has 1 atom stereocenters. The van der Waals surface area contributed by atoms with Crippen molar-refractivity contribution in [2.45, 2.75) is 23.8 Å². The zero-order chi connectivity index (χ0) is 19.2. The summed E-state index contributed by atoms with van der Waals surface area (Å²) in [7, 11) is 3.15. The Morgan fingerprint density at radius 2 is 1.81 bits per heavy atom. The maximum absolute atomic E-state index is 9.46. The minimum absolute atomic E-state index is 0.314. The first-order valence-electron chi connectivity index (χ1n) is 8.30. The van der Waals surface area contributed by atoms with Crippen LogP contribution in [0.1, 0.15) is 11.1 Å². The molecule has 0 spiro atoms. The number of aryl methyl sites for hydroxylation is 1. The molecule has 3 aromatic rings. The second kappa shape index (κ2) is 8.60. The molecule has 0 fully saturated rings. The van der Waals surface area contributed by atoms with Gasteiger partial charge in [-0.3, -0.25) is 0 Å². The molecule has 3 rings (SSSR count). The van der Waals surface area contributed by atoms with Gasteiger partial charge in [-0.25, -0.2) is 0 Å². The first-order valence-corrected chi connectivity index (χ1v) is 9.18. The van der Waals surface area contributed by atoms with Crippen LogP contribution in [0.5, 0.6) is 11.5 Å². The number of hydrogen-bond donors (Lipinski definition) is 0. The molecule has 27 heavy (non-hydrogen) atoms. The topological polar surface area (TPSA) is 81.2 Å². The Morgan fingerprint density at radius 3 is 2.48 bits per heavy atom. The van der Waals surface area contributed by atoms with Gasteiger partial charge in [0.15, 0.2) is 11.5 Å². The monoisotopic (exact) mass is 381 g/mol. The molecule has 1 aromatic heterocycles. The van der Waals surface area contributed by atoms with Gasteiger partial charge in [-0.2, -0.15) is 5.26 Å². The smallest absolute Gasteiger partial charge is 0.278 e. The third-order valence-corrected chi connectivity index (χ3v) is 4.89. The highest BCUT2D eigenvalue weighted by Gasteiger charge is 2.17. The van der Waals surface area contributed by atoms with Crippen molar-refractivity contribution in [2.75, 3.05) is 14.2 Å². The molecular weight excluding hydrogens is 362 g/mol. The van der Waals surface area contributed by atoms with Crippen molar-refractivity contribution < 1.29 is 13.9 Å². The average Bonchev–Trinajstić information content (AvgIpc) is 3.17. The highest BCUT2D eigenvalue weighted by Crippen LogP contribution is 2.33. The first-order chi connectivity index (χ1) is 13.1. The molecule has 0 amide bonds. The maximum atomic E-state index is 9.46. The molecule has 0 saturated carbocycles. The Balaban J connectivity index is 1.73. The number of thioether (sulfide) groups is 1. The van der Waals surface area contributed by atoms with Gasteiger partial charge in [0, 0.05) is 5.56 Å². The molecule has 0 N–H and O–H groups in total. The molecule has 2 aromatic carbocycles. The Kier molecular flexibility index (Phi) is 5.99. The van der Waals surface area contributed by atoms with Crippen LogP contribution in [0.15, 0.2) is 52.1 Å². The lowest BCUT2D eigenvalue weighted by Gasteiger charge is -2.07. The number of benzene rings is 2. The van der Waals surface area contributed by atoms with Crippen LogP contribution in [0.3, 0.4) is 0 Å². The van der Waals surface area contributed by atoms with Crippen LogP contribution in [-0.4, -0.2) is 29.7 Å². The number of ether oxygens (including phenoxy) is 2. The maximum Gasteiger partial charge on any atom is 0.278 e. The summed E-state index contributed by atoms with van der Waals surface area (Å²) in [5.74, 6) is 1.57. The van der Waals surface area contributed by atoms with Crippen molar-refractivity contribution in [3.63, 3.8) is 0 Å². The number of hydrogen-bond acceptors (Lipinski definition) is 7. The molecule has 0 aliphatic rings. The summed E-state index contributed by atoms with van der Waals surface area (Å²) in [5, 5.41) is 17.6. The van der Waals surface area contributed by atoms with Crippen molar-refractivity contribution in [3.05, 3.63) is 53.6 Å². The van der Waals surface area contributed by atoms with E-state index in [2.05, 4.69) is 16.3 Å². The molecule has 6 nitrogen and oxygen atoms in total. The van der Waals surface area contributed by atoms with Crippen LogP contribution in [0.4, 0.5) is 0 Å². The minimum atomic E-state index is -0.314. The van der Waals surface area contributed by atoms with Gasteiger partial charge in [-0.1, -0.05) is 29.8 Å². The SMILES string of the molecule is COc1ccc(-c2nnc(S[C@@H](C#N)Cc3ccc(C)cc3)o2)cc1OC. The van der Waals surface area contributed by atoms with Gasteiger partial charge in [-0.05, 0) is 48.9 Å². The van der Waals surface area contributed by atoms with Crippen molar-refractivity contribution in [3.8, 4) is 29.0 Å². The molecule has 0 aliphatic carbocycles. The molecule has 138 valence electrons. The van der Waals surface area contributed by atoms with E-state index in [4.69, 9.17) is 13.9 Å². The van der Waals surface area contributed by atoms with E-state index in [0.717, 1.165) is 11.1 Å². The van der Waals surface area contributed by atoms with Crippen molar-refractivity contribution >= 4 is 11.8 Å². The third-order valence-electron chi connectivity index (χ3n) is 3.97. The highest BCUT2D eigenvalue weighted by atomic mass is 32.2. The molecule has 0 radical (unpaired) electrons. The fourth-order valence-electron chi connectivity index (χ4n) is 2.52. The zero-order valence-corrected chi connectivity index (χ0v) is 16.1. The Labute approximate surface area is 162 Å². The van der Waals surface area contributed by atoms with E-state index in [1.165, 1.54) is 17.3 Å². The molecule has 0 bridgehead atoms. The van der Waals surface area contributed by atoms with E-state index in [-0.39, 0.29) is 5.25 Å². The number of aromatic nitrogens is 2. The van der Waals surface area contributed by atoms with E-state index in [9.17, 15) is 5.26 Å². The van der Waals surface area contributed by atoms with Crippen LogP contribution in [0.25, 0.3) is 11.5 Å². The standard InChI is InChI=1S/C20H19N3O3S/c1-13-4-6-14(7-5-13)10-16(12-21)27-20-23-22-19(26-20)15-8-9-17(24-2)18(11-15)25-3/h4-9,11,16H,10H2,1-3H3/t16-/m1/s1. The third kappa shape index (κ3) is 4.60. The normalized spacial score (nSPS) is 11.6. The predicted molar refractivity (Wildman–Crippen MR) is 103 cm³/mol. The molecule has 0 unspecified atom stereocenters. The number of nitrogens with zero attached hydrogens (tertiary/aromatic N) is 3. The van der Waals surface area contributed by atoms with Gasteiger partial charge < -0.3 is 13.9 Å². The predicted octanol–water partition coefficient (Wildman–Crippen LogP) is 4.29. The molecule has 7 heteroatoms. The Hall–Kier alpha value is -2.98. The van der Waals surface area contributed by atoms with E-state index in [1.807, 2.05) is 37.3 Å². The first kappa shape index (κ1) is 18.8. The van der Waals surface area contributed by atoms with Crippen LogP contribution in [0.2, 0.25) is 0 Å². The summed E-state index contributed by atoms with van der Waals surface area (Å²) in [6.45, 7) is 2.04. The lowest BCUT2D eigenvalue weighted by Crippen LogP contribution is -2.03. The van der Waals surface area contributed by atoms with Gasteiger partial charge in [0.25, 0.3) is 5.22 Å². The van der Waals surface area contributed by atoms with Crippen LogP contribution >= 0.6 is 11.8 Å². The van der Waals surface area contributed by atoms with Gasteiger partial charge in [0.1, 0.15) is 5.25 Å². The van der Waals surface area contributed by atoms with E-state index >= 15 is 0 Å². The second-order valence-electron chi connectivity index (χ2n) is 5.87. The summed E-state index contributed by atoms with van der Waals surface area (Å²) in [5.41, 5.74) is 3.01. The average molecular weight is 381 g/mol. The molecule has 1 heterocycles. The zero-order valence-electron chi connectivity index (χ0n) is 15.3. The largest absolute Gasteiger partial charge is 0.493 e. The van der Waals surface area contributed by atoms with Crippen LogP contribution < -0.4 is 9.47 Å². The summed E-state index contributed by atoms with van der Waals surface area (Å²) < 4.78 is 16.3. The van der Waals surface area contributed by atoms with Crippen molar-refractivity contribution in [2.24, 2.45) is 0 Å². The van der Waals surface area contributed by atoms with Gasteiger partial charge in [-0.15, -0.1) is 10.2 Å². The summed E-state index contributed by atoms with van der Waals surface area (Å²) in [4.78, 5) is 0. The minimum Gasteiger partial charge on any atom is -0.493 e. The lowest BCUT2D eigenvalue weighted by atomic mass is 10.1. The fourth-order valence-corrected chi connectivity index (χ4v) is 3.30. The van der Waals surface area contributed by atoms with Gasteiger partial charge >= 0.3 is 0 Å². The Morgan fingerprint density at radius 1 is 1.07 bits per heavy atom. The van der Waals surface area contributed by atoms with Crippen molar-refractivity contribution in [1.29, 1.82) is 5.26 Å². The second-order valence-corrected chi connectivity index (χ2v) is 7.02. The van der Waals surface area contributed by atoms with E-state index in [1.54, 1.807) is 26.4 Å². The number of nitriles is 1. The lowest BCUT2D eigenvalue weighted by molar-refractivity contribution is 0.355. The number of methoxy groups -OCH3 is 2. The fraction of sp³-hybridized carbons (Fsp3) is 0.250. The summed E-state index contributed by atoms with van der Waals surface area (Å²) in [6.07, 6.45) is 0.607. The molecule has 0 aliphatic heterocycles. The van der Waals surface area contributed by atoms with Crippen LogP contribution in [0, 0.1) is 18.3 Å². The molecular formula is C20H19N3O3S. The highest BCUT2D eigenvalue weighted by molar-refractivity contribution is 7.99. The summed E-state index contributed by atoms with van der Waals surface area (Å²) in [6, 6.07) is 15.8. The van der Waals surface area contributed by atoms with E-state index in [0.29, 0.717) is 29.0 Å². The number of rotatable bonds is 7.